The molecular formula is C24H40N8O8. The lowest BCUT2D eigenvalue weighted by atomic mass is 10.0. The Morgan fingerprint density at radius 1 is 0.900 bits per heavy atom. The van der Waals surface area contributed by atoms with E-state index in [4.69, 9.17) is 16.6 Å². The summed E-state index contributed by atoms with van der Waals surface area (Å²) in [6.07, 6.45) is 3.29. The Morgan fingerprint density at radius 2 is 1.55 bits per heavy atom. The standard InChI is InChI=1S/C24H40N8O8/c1-12(2)19(32-21(36)15(26)9-18(33)34)23(38)30-16(6-4-5-7-25)22(37)29-13(3)20(35)31-17(24(39)40)8-14-10-27-11-28-14/h10-13,15-17,19H,4-9,25-26H2,1-3H3,(H,27,28)(H,29,37)(H,30,38)(H,31,35)(H,32,36)(H,33,34)(H,39,40)/t13-,15-,16-,17-,19-/m0/s1. The van der Waals surface area contributed by atoms with Crippen LogP contribution in [-0.4, -0.2) is 92.5 Å². The lowest BCUT2D eigenvalue weighted by molar-refractivity contribution is -0.142. The molecule has 5 atom stereocenters. The second kappa shape index (κ2) is 16.8. The van der Waals surface area contributed by atoms with Gasteiger partial charge in [0.05, 0.1) is 18.8 Å². The van der Waals surface area contributed by atoms with Crippen LogP contribution in [-0.2, 0) is 35.2 Å². The maximum absolute atomic E-state index is 13.1. The minimum Gasteiger partial charge on any atom is -0.481 e. The molecule has 0 radical (unpaired) electrons. The maximum Gasteiger partial charge on any atom is 0.326 e. The van der Waals surface area contributed by atoms with Gasteiger partial charge >= 0.3 is 11.9 Å². The molecule has 1 aromatic rings. The van der Waals surface area contributed by atoms with Gasteiger partial charge in [0.1, 0.15) is 24.2 Å². The molecule has 0 bridgehead atoms. The van der Waals surface area contributed by atoms with E-state index in [-0.39, 0.29) is 12.8 Å². The molecule has 0 aliphatic carbocycles. The Hall–Kier alpha value is -4.05. The van der Waals surface area contributed by atoms with Gasteiger partial charge in [0.15, 0.2) is 0 Å². The van der Waals surface area contributed by atoms with Gasteiger partial charge in [-0.1, -0.05) is 13.8 Å². The van der Waals surface area contributed by atoms with Crippen LogP contribution in [0.4, 0.5) is 0 Å². The number of carboxylic acids is 2. The molecule has 1 heterocycles. The fourth-order valence-corrected chi connectivity index (χ4v) is 3.59. The highest BCUT2D eigenvalue weighted by Gasteiger charge is 2.32. The minimum absolute atomic E-state index is 0.0576. The van der Waals surface area contributed by atoms with Gasteiger partial charge in [0, 0.05) is 18.3 Å². The zero-order valence-corrected chi connectivity index (χ0v) is 22.8. The summed E-state index contributed by atoms with van der Waals surface area (Å²) >= 11 is 0. The van der Waals surface area contributed by atoms with E-state index in [1.165, 1.54) is 19.4 Å². The van der Waals surface area contributed by atoms with Crippen LogP contribution in [0.1, 0.15) is 52.1 Å². The van der Waals surface area contributed by atoms with Gasteiger partial charge in [-0.15, -0.1) is 0 Å². The molecule has 0 saturated heterocycles. The zero-order chi connectivity index (χ0) is 30.4. The van der Waals surface area contributed by atoms with Crippen molar-refractivity contribution in [3.05, 3.63) is 18.2 Å². The van der Waals surface area contributed by atoms with Crippen molar-refractivity contribution < 1.29 is 39.0 Å². The molecule has 0 fully saturated rings. The Balaban J connectivity index is 2.91. The molecule has 1 rings (SSSR count). The number of imidazole rings is 1. The van der Waals surface area contributed by atoms with E-state index in [0.717, 1.165) is 0 Å². The third kappa shape index (κ3) is 11.8. The minimum atomic E-state index is -1.38. The van der Waals surface area contributed by atoms with Gasteiger partial charge in [0.25, 0.3) is 0 Å². The summed E-state index contributed by atoms with van der Waals surface area (Å²) < 4.78 is 0. The fraction of sp³-hybridized carbons (Fsp3) is 0.625. The van der Waals surface area contributed by atoms with Crippen molar-refractivity contribution in [1.82, 2.24) is 31.2 Å². The number of nitrogens with one attached hydrogen (secondary N) is 5. The van der Waals surface area contributed by atoms with Crippen LogP contribution in [0, 0.1) is 5.92 Å². The topological polar surface area (TPSA) is 272 Å². The first kappa shape index (κ1) is 34.0. The molecule has 4 amide bonds. The zero-order valence-electron chi connectivity index (χ0n) is 22.8. The number of hydrogen-bond acceptors (Lipinski definition) is 9. The van der Waals surface area contributed by atoms with E-state index in [1.807, 2.05) is 0 Å². The van der Waals surface area contributed by atoms with Crippen LogP contribution in [0.3, 0.4) is 0 Å². The number of aliphatic carboxylic acids is 2. The average Bonchev–Trinajstić information content (AvgIpc) is 3.38. The summed E-state index contributed by atoms with van der Waals surface area (Å²) in [6, 6.07) is -6.05. The van der Waals surface area contributed by atoms with E-state index >= 15 is 0 Å². The predicted octanol–water partition coefficient (Wildman–Crippen LogP) is -2.42. The van der Waals surface area contributed by atoms with Crippen LogP contribution in [0.2, 0.25) is 0 Å². The molecule has 0 unspecified atom stereocenters. The summed E-state index contributed by atoms with van der Waals surface area (Å²) in [5.41, 5.74) is 11.6. The molecule has 0 aliphatic heterocycles. The van der Waals surface area contributed by atoms with Crippen molar-refractivity contribution in [2.24, 2.45) is 17.4 Å². The first-order valence-corrected chi connectivity index (χ1v) is 12.9. The van der Waals surface area contributed by atoms with Crippen LogP contribution in [0.5, 0.6) is 0 Å². The molecule has 0 aliphatic rings. The van der Waals surface area contributed by atoms with Gasteiger partial charge < -0.3 is 47.9 Å². The van der Waals surface area contributed by atoms with Crippen LogP contribution >= 0.6 is 0 Å². The highest BCUT2D eigenvalue weighted by atomic mass is 16.4. The first-order valence-electron chi connectivity index (χ1n) is 12.9. The number of carbonyl (C=O) groups is 6. The molecular weight excluding hydrogens is 528 g/mol. The SMILES string of the molecule is CC(C)[C@H](NC(=O)[C@@H](N)CC(=O)O)C(=O)N[C@@H](CCCCN)C(=O)N[C@@H](C)C(=O)N[C@@H](Cc1cnc[nH]1)C(=O)O. The van der Waals surface area contributed by atoms with Crippen molar-refractivity contribution in [3.63, 3.8) is 0 Å². The van der Waals surface area contributed by atoms with Gasteiger partial charge in [-0.3, -0.25) is 24.0 Å². The van der Waals surface area contributed by atoms with Crippen LogP contribution in [0.15, 0.2) is 12.5 Å². The number of H-pyrrole nitrogens is 1. The van der Waals surface area contributed by atoms with E-state index < -0.39 is 78.1 Å². The summed E-state index contributed by atoms with van der Waals surface area (Å²) in [4.78, 5) is 80.1. The number of nitrogens with zero attached hydrogens (tertiary/aromatic N) is 1. The highest BCUT2D eigenvalue weighted by molar-refractivity contribution is 5.95. The lowest BCUT2D eigenvalue weighted by Gasteiger charge is -2.27. The van der Waals surface area contributed by atoms with Crippen LogP contribution < -0.4 is 32.7 Å². The van der Waals surface area contributed by atoms with Crippen molar-refractivity contribution >= 4 is 35.6 Å². The van der Waals surface area contributed by atoms with E-state index in [1.54, 1.807) is 13.8 Å². The Morgan fingerprint density at radius 3 is 2.08 bits per heavy atom. The number of unbranched alkanes of at least 4 members (excludes halogenated alkanes) is 1. The van der Waals surface area contributed by atoms with Crippen LogP contribution in [0.25, 0.3) is 0 Å². The number of carboxylic acid groups (broad SMARTS) is 2. The second-order valence-corrected chi connectivity index (χ2v) is 9.69. The number of hydrogen-bond donors (Lipinski definition) is 9. The largest absolute Gasteiger partial charge is 0.481 e. The number of nitrogens with two attached hydrogens (primary N) is 2. The van der Waals surface area contributed by atoms with Crippen molar-refractivity contribution in [2.45, 2.75) is 83.1 Å². The molecule has 0 saturated carbocycles. The fourth-order valence-electron chi connectivity index (χ4n) is 3.59. The van der Waals surface area contributed by atoms with Gasteiger partial charge in [0.2, 0.25) is 23.6 Å². The smallest absolute Gasteiger partial charge is 0.326 e. The normalized spacial score (nSPS) is 14.8. The summed E-state index contributed by atoms with van der Waals surface area (Å²) in [6.45, 7) is 5.00. The summed E-state index contributed by atoms with van der Waals surface area (Å²) in [5.74, 6) is -6.01. The highest BCUT2D eigenvalue weighted by Crippen LogP contribution is 2.07. The van der Waals surface area contributed by atoms with Crippen molar-refractivity contribution in [1.29, 1.82) is 0 Å². The average molecular weight is 569 g/mol. The second-order valence-electron chi connectivity index (χ2n) is 9.69. The van der Waals surface area contributed by atoms with E-state index in [9.17, 15) is 33.9 Å². The number of amides is 4. The Kier molecular flexibility index (Phi) is 14.3. The molecule has 16 nitrogen and oxygen atoms in total. The number of carbonyl (C=O) groups excluding carboxylic acids is 4. The number of rotatable bonds is 18. The Labute approximate surface area is 231 Å². The first-order chi connectivity index (χ1) is 18.8. The third-order valence-corrected chi connectivity index (χ3v) is 5.90. The lowest BCUT2D eigenvalue weighted by Crippen LogP contribution is -2.59. The predicted molar refractivity (Wildman–Crippen MR) is 141 cm³/mol. The number of aromatic amines is 1. The van der Waals surface area contributed by atoms with Crippen molar-refractivity contribution in [3.8, 4) is 0 Å². The molecule has 40 heavy (non-hydrogen) atoms. The van der Waals surface area contributed by atoms with Gasteiger partial charge in [-0.05, 0) is 38.6 Å². The van der Waals surface area contributed by atoms with E-state index in [2.05, 4.69) is 31.2 Å². The monoisotopic (exact) mass is 568 g/mol. The molecule has 1 aromatic heterocycles. The molecule has 224 valence electrons. The van der Waals surface area contributed by atoms with Gasteiger partial charge in [-0.25, -0.2) is 9.78 Å². The van der Waals surface area contributed by atoms with Gasteiger partial charge in [-0.2, -0.15) is 0 Å². The number of aromatic nitrogens is 2. The third-order valence-electron chi connectivity index (χ3n) is 5.90. The summed E-state index contributed by atoms with van der Waals surface area (Å²) in [7, 11) is 0. The Bertz CT molecular complexity index is 1020. The quantitative estimate of drug-likeness (QED) is 0.0841. The van der Waals surface area contributed by atoms with E-state index in [0.29, 0.717) is 25.1 Å². The summed E-state index contributed by atoms with van der Waals surface area (Å²) in [5, 5.41) is 28.2. The molecule has 0 aromatic carbocycles. The molecule has 11 N–H and O–H groups in total. The maximum atomic E-state index is 13.1. The van der Waals surface area contributed by atoms with Crippen molar-refractivity contribution in [2.75, 3.05) is 6.54 Å². The molecule has 0 spiro atoms. The molecule has 16 heteroatoms.